The molecule has 1 nitrogen and oxygen atoms in total. The third kappa shape index (κ3) is 2.97. The van der Waals surface area contributed by atoms with Crippen LogP contribution in [-0.4, -0.2) is 5.75 Å². The minimum Gasteiger partial charge on any atom is -0.398 e. The minimum atomic E-state index is 0.628. The van der Waals surface area contributed by atoms with Crippen LogP contribution in [0, 0.1) is 0 Å². The van der Waals surface area contributed by atoms with Crippen molar-refractivity contribution in [1.82, 2.24) is 0 Å². The summed E-state index contributed by atoms with van der Waals surface area (Å²) in [6.45, 7) is 0. The highest BCUT2D eigenvalue weighted by molar-refractivity contribution is 7.99. The van der Waals surface area contributed by atoms with Crippen molar-refractivity contribution < 1.29 is 0 Å². The summed E-state index contributed by atoms with van der Waals surface area (Å²) in [6.07, 6.45) is 3.77. The Morgan fingerprint density at radius 1 is 1.20 bits per heavy atom. The Bertz CT molecular complexity index is 612. The topological polar surface area (TPSA) is 26.0 Å². The largest absolute Gasteiger partial charge is 0.398 e. The number of hydrogen-bond donors (Lipinski definition) is 1. The fourth-order valence-electron chi connectivity index (χ4n) is 2.85. The average Bonchev–Trinajstić information content (AvgIpc) is 2.48. The second-order valence-corrected chi connectivity index (χ2v) is 6.78. The van der Waals surface area contributed by atoms with E-state index in [2.05, 4.69) is 24.3 Å². The Kier molecular flexibility index (Phi) is 4.23. The Morgan fingerprint density at radius 2 is 2.05 bits per heavy atom. The lowest BCUT2D eigenvalue weighted by atomic mass is 9.84. The first-order valence-electron chi connectivity index (χ1n) is 6.99. The summed E-state index contributed by atoms with van der Waals surface area (Å²) in [5, 5.41) is 0.755. The fourth-order valence-corrected chi connectivity index (χ4v) is 4.26. The maximum Gasteiger partial charge on any atom is 0.0453 e. The molecular weight excluding hydrogens is 286 g/mol. The molecule has 0 heterocycles. The van der Waals surface area contributed by atoms with Gasteiger partial charge >= 0.3 is 0 Å². The van der Waals surface area contributed by atoms with Crippen molar-refractivity contribution in [3.05, 3.63) is 58.6 Å². The summed E-state index contributed by atoms with van der Waals surface area (Å²) in [5.41, 5.74) is 9.88. The van der Waals surface area contributed by atoms with E-state index >= 15 is 0 Å². The number of fused-ring (bicyclic) bond motifs is 1. The molecule has 0 amide bonds. The Balaban J connectivity index is 1.75. The van der Waals surface area contributed by atoms with Crippen LogP contribution in [0.5, 0.6) is 0 Å². The number of anilines is 1. The molecule has 1 atom stereocenters. The molecule has 2 N–H and O–H groups in total. The number of hydrogen-bond acceptors (Lipinski definition) is 2. The molecule has 0 bridgehead atoms. The highest BCUT2D eigenvalue weighted by atomic mass is 35.5. The molecule has 0 radical (unpaired) electrons. The molecule has 3 rings (SSSR count). The second-order valence-electron chi connectivity index (χ2n) is 5.28. The lowest BCUT2D eigenvalue weighted by molar-refractivity contribution is 0.596. The summed E-state index contributed by atoms with van der Waals surface area (Å²) < 4.78 is 0. The molecular formula is C17H18ClNS. The Hall–Kier alpha value is -1.12. The molecule has 1 unspecified atom stereocenters. The molecule has 20 heavy (non-hydrogen) atoms. The van der Waals surface area contributed by atoms with Crippen molar-refractivity contribution in [2.75, 3.05) is 11.5 Å². The maximum atomic E-state index is 6.05. The summed E-state index contributed by atoms with van der Waals surface area (Å²) in [4.78, 5) is 1.10. The van der Waals surface area contributed by atoms with Gasteiger partial charge in [-0.15, -0.1) is 11.8 Å². The van der Waals surface area contributed by atoms with Gasteiger partial charge in [0, 0.05) is 21.4 Å². The first-order valence-corrected chi connectivity index (χ1v) is 8.36. The van der Waals surface area contributed by atoms with Gasteiger partial charge in [0.25, 0.3) is 0 Å². The number of aryl methyl sites for hydroxylation is 1. The standard InChI is InChI=1S/C17H18ClNS/c18-14-8-9-16(19)17(10-14)20-11-13-6-3-5-12-4-1-2-7-15(12)13/h1-2,4,7-10,13H,3,5-6,11,19H2. The van der Waals surface area contributed by atoms with Crippen molar-refractivity contribution >= 4 is 29.1 Å². The van der Waals surface area contributed by atoms with Crippen molar-refractivity contribution in [2.24, 2.45) is 0 Å². The van der Waals surface area contributed by atoms with E-state index in [0.29, 0.717) is 5.92 Å². The molecule has 104 valence electrons. The number of rotatable bonds is 3. The third-order valence-electron chi connectivity index (χ3n) is 3.91. The van der Waals surface area contributed by atoms with Crippen LogP contribution in [0.2, 0.25) is 5.02 Å². The number of nitrogens with two attached hydrogens (primary N) is 1. The van der Waals surface area contributed by atoms with Crippen LogP contribution in [0.4, 0.5) is 5.69 Å². The first-order chi connectivity index (χ1) is 9.74. The van der Waals surface area contributed by atoms with E-state index in [1.807, 2.05) is 30.0 Å². The van der Waals surface area contributed by atoms with Gasteiger partial charge in [0.15, 0.2) is 0 Å². The molecule has 2 aromatic carbocycles. The maximum absolute atomic E-state index is 6.05. The lowest BCUT2D eigenvalue weighted by Gasteiger charge is -2.25. The van der Waals surface area contributed by atoms with E-state index in [9.17, 15) is 0 Å². The van der Waals surface area contributed by atoms with Gasteiger partial charge in [-0.25, -0.2) is 0 Å². The van der Waals surface area contributed by atoms with Gasteiger partial charge in [-0.1, -0.05) is 35.9 Å². The van der Waals surface area contributed by atoms with Gasteiger partial charge < -0.3 is 5.73 Å². The highest BCUT2D eigenvalue weighted by Gasteiger charge is 2.20. The van der Waals surface area contributed by atoms with Crippen molar-refractivity contribution in [3.8, 4) is 0 Å². The number of benzene rings is 2. The van der Waals surface area contributed by atoms with Crippen LogP contribution in [0.25, 0.3) is 0 Å². The third-order valence-corrected chi connectivity index (χ3v) is 5.38. The molecule has 0 saturated heterocycles. The molecule has 1 aliphatic rings. The number of nitrogen functional groups attached to an aromatic ring is 1. The van der Waals surface area contributed by atoms with Crippen molar-refractivity contribution in [3.63, 3.8) is 0 Å². The predicted molar refractivity (Wildman–Crippen MR) is 88.7 cm³/mol. The highest BCUT2D eigenvalue weighted by Crippen LogP contribution is 2.37. The van der Waals surface area contributed by atoms with E-state index in [1.165, 1.54) is 30.4 Å². The van der Waals surface area contributed by atoms with Crippen LogP contribution in [-0.2, 0) is 6.42 Å². The average molecular weight is 304 g/mol. The Labute approximate surface area is 129 Å². The zero-order valence-corrected chi connectivity index (χ0v) is 12.9. The van der Waals surface area contributed by atoms with Crippen LogP contribution in [0.3, 0.4) is 0 Å². The van der Waals surface area contributed by atoms with Crippen LogP contribution in [0.15, 0.2) is 47.4 Å². The predicted octanol–water partition coefficient (Wildman–Crippen LogP) is 5.13. The van der Waals surface area contributed by atoms with E-state index < -0.39 is 0 Å². The molecule has 1 aliphatic carbocycles. The van der Waals surface area contributed by atoms with Gasteiger partial charge in [-0.05, 0) is 54.5 Å². The summed E-state index contributed by atoms with van der Waals surface area (Å²) in [6, 6.07) is 14.5. The summed E-state index contributed by atoms with van der Waals surface area (Å²) in [5.74, 6) is 1.70. The molecule has 0 fully saturated rings. The second kappa shape index (κ2) is 6.11. The zero-order valence-electron chi connectivity index (χ0n) is 11.3. The van der Waals surface area contributed by atoms with Crippen molar-refractivity contribution in [2.45, 2.75) is 30.1 Å². The lowest BCUT2D eigenvalue weighted by Crippen LogP contribution is -2.11. The van der Waals surface area contributed by atoms with Crippen LogP contribution < -0.4 is 5.73 Å². The molecule has 3 heteroatoms. The quantitative estimate of drug-likeness (QED) is 0.628. The van der Waals surface area contributed by atoms with Crippen molar-refractivity contribution in [1.29, 1.82) is 0 Å². The fraction of sp³-hybridized carbons (Fsp3) is 0.294. The number of halogens is 1. The summed E-state index contributed by atoms with van der Waals surface area (Å²) in [7, 11) is 0. The smallest absolute Gasteiger partial charge is 0.0453 e. The molecule has 0 aliphatic heterocycles. The Morgan fingerprint density at radius 3 is 2.95 bits per heavy atom. The van der Waals surface area contributed by atoms with Gasteiger partial charge in [0.2, 0.25) is 0 Å². The molecule has 0 saturated carbocycles. The minimum absolute atomic E-state index is 0.628. The van der Waals surface area contributed by atoms with Crippen LogP contribution in [0.1, 0.15) is 29.9 Å². The van der Waals surface area contributed by atoms with Gasteiger partial charge in [0.1, 0.15) is 0 Å². The first kappa shape index (κ1) is 13.8. The van der Waals surface area contributed by atoms with E-state index in [0.717, 1.165) is 21.4 Å². The molecule has 0 spiro atoms. The van der Waals surface area contributed by atoms with Gasteiger partial charge in [0.05, 0.1) is 0 Å². The van der Waals surface area contributed by atoms with E-state index in [4.69, 9.17) is 17.3 Å². The van der Waals surface area contributed by atoms with Gasteiger partial charge in [-0.3, -0.25) is 0 Å². The summed E-state index contributed by atoms with van der Waals surface area (Å²) >= 11 is 7.87. The molecule has 0 aromatic heterocycles. The van der Waals surface area contributed by atoms with Crippen LogP contribution >= 0.6 is 23.4 Å². The number of thioether (sulfide) groups is 1. The zero-order chi connectivity index (χ0) is 13.9. The normalized spacial score (nSPS) is 17.8. The monoisotopic (exact) mass is 303 g/mol. The van der Waals surface area contributed by atoms with E-state index in [1.54, 1.807) is 0 Å². The molecule has 2 aromatic rings. The SMILES string of the molecule is Nc1ccc(Cl)cc1SCC1CCCc2ccccc21. The van der Waals surface area contributed by atoms with Gasteiger partial charge in [-0.2, -0.15) is 0 Å². The van der Waals surface area contributed by atoms with E-state index in [-0.39, 0.29) is 0 Å².